The second-order valence-corrected chi connectivity index (χ2v) is 10.2. The van der Waals surface area contributed by atoms with Crippen molar-refractivity contribution in [3.8, 4) is 0 Å². The van der Waals surface area contributed by atoms with Crippen molar-refractivity contribution < 1.29 is 38.4 Å². The molecule has 2 N–H and O–H groups in total. The molecule has 8 heteroatoms. The Morgan fingerprint density at radius 1 is 1.22 bits per heavy atom. The summed E-state index contributed by atoms with van der Waals surface area (Å²) in [7, 11) is 0. The number of hydrogen-bond acceptors (Lipinski definition) is 8. The van der Waals surface area contributed by atoms with Gasteiger partial charge < -0.3 is 28.8 Å². The molecule has 178 valence electrons. The van der Waals surface area contributed by atoms with Crippen LogP contribution in [0.5, 0.6) is 0 Å². The Balaban J connectivity index is 1.76. The largest absolute Gasteiger partial charge is 0.472 e. The van der Waals surface area contributed by atoms with Crippen molar-refractivity contribution in [3.63, 3.8) is 0 Å². The average molecular weight is 451 g/mol. The molecule has 3 fully saturated rings. The van der Waals surface area contributed by atoms with Gasteiger partial charge in [-0.15, -0.1) is 0 Å². The van der Waals surface area contributed by atoms with E-state index in [2.05, 4.69) is 13.8 Å². The maximum atomic E-state index is 11.9. The predicted molar refractivity (Wildman–Crippen MR) is 112 cm³/mol. The van der Waals surface area contributed by atoms with Gasteiger partial charge in [-0.2, -0.15) is 0 Å². The number of ether oxygens (including phenoxy) is 3. The maximum absolute atomic E-state index is 11.9. The highest BCUT2D eigenvalue weighted by Crippen LogP contribution is 2.69. The third-order valence-corrected chi connectivity index (χ3v) is 8.59. The zero-order valence-corrected chi connectivity index (χ0v) is 19.2. The molecular weight excluding hydrogens is 416 g/mol. The zero-order chi connectivity index (χ0) is 23.3. The van der Waals surface area contributed by atoms with Gasteiger partial charge in [-0.3, -0.25) is 9.59 Å². The van der Waals surface area contributed by atoms with Crippen LogP contribution in [0.3, 0.4) is 0 Å². The van der Waals surface area contributed by atoms with Crippen LogP contribution in [-0.4, -0.2) is 53.2 Å². The van der Waals surface area contributed by atoms with E-state index in [1.807, 2.05) is 0 Å². The van der Waals surface area contributed by atoms with E-state index in [0.29, 0.717) is 32.3 Å². The Morgan fingerprint density at radius 3 is 2.50 bits per heavy atom. The summed E-state index contributed by atoms with van der Waals surface area (Å²) in [6.07, 6.45) is 3.24. The predicted octanol–water partition coefficient (Wildman–Crippen LogP) is 2.77. The molecule has 2 aliphatic carbocycles. The number of fused-ring (bicyclic) bond motifs is 2. The number of esters is 2. The topological polar surface area (TPSA) is 119 Å². The van der Waals surface area contributed by atoms with Crippen LogP contribution in [0.4, 0.5) is 0 Å². The van der Waals surface area contributed by atoms with Crippen molar-refractivity contribution in [3.05, 3.63) is 24.2 Å². The Bertz CT molecular complexity index is 846. The van der Waals surface area contributed by atoms with Crippen molar-refractivity contribution in [2.24, 2.45) is 22.7 Å². The molecule has 1 spiro atoms. The standard InChI is InChI=1S/C24H34O8/c1-14-9-21(28)23(12-30-15(2)25)19(5-6-20(27)24(23)13-31-24)22(14,4)10-18(32-16(3)26)17-7-8-29-11-17/h7-8,11,14,18-21,27-28H,5-6,9-10,12-13H2,1-4H3/t14-,18+,19-,20+,21+,22+,23+,24-/m1/s1. The van der Waals surface area contributed by atoms with Gasteiger partial charge in [0.2, 0.25) is 0 Å². The highest BCUT2D eigenvalue weighted by Gasteiger charge is 2.77. The van der Waals surface area contributed by atoms with Gasteiger partial charge in [-0.05, 0) is 49.0 Å². The number of rotatable bonds is 6. The fraction of sp³-hybridized carbons (Fsp3) is 0.750. The van der Waals surface area contributed by atoms with Crippen molar-refractivity contribution in [1.82, 2.24) is 0 Å². The van der Waals surface area contributed by atoms with Gasteiger partial charge in [0, 0.05) is 19.4 Å². The maximum Gasteiger partial charge on any atom is 0.303 e. The molecule has 3 aliphatic rings. The molecule has 32 heavy (non-hydrogen) atoms. The second kappa shape index (κ2) is 8.15. The zero-order valence-electron chi connectivity index (χ0n) is 19.2. The number of epoxide rings is 1. The Kier molecular flexibility index (Phi) is 5.92. The first-order chi connectivity index (χ1) is 15.1. The molecule has 2 saturated carbocycles. The number of furan rings is 1. The van der Waals surface area contributed by atoms with E-state index in [4.69, 9.17) is 18.6 Å². The Hall–Kier alpha value is -1.90. The lowest BCUT2D eigenvalue weighted by molar-refractivity contribution is -0.242. The molecule has 0 aromatic carbocycles. The summed E-state index contributed by atoms with van der Waals surface area (Å²) in [6, 6.07) is 1.79. The lowest BCUT2D eigenvalue weighted by Crippen LogP contribution is -2.69. The molecular formula is C24H34O8. The summed E-state index contributed by atoms with van der Waals surface area (Å²) in [6.45, 7) is 7.29. The monoisotopic (exact) mass is 450 g/mol. The minimum absolute atomic E-state index is 0.0164. The van der Waals surface area contributed by atoms with E-state index in [1.165, 1.54) is 13.8 Å². The van der Waals surface area contributed by atoms with Crippen molar-refractivity contribution in [2.45, 2.75) is 77.3 Å². The SMILES string of the molecule is CC(=O)OC[C@@]12[C@H](CC[C@H](O)[C@]13CO3)[C@@](C)(C[C@H](OC(C)=O)c1ccoc1)[C@H](C)C[C@@H]2O. The van der Waals surface area contributed by atoms with Gasteiger partial charge in [-0.1, -0.05) is 13.8 Å². The van der Waals surface area contributed by atoms with Gasteiger partial charge >= 0.3 is 11.9 Å². The van der Waals surface area contributed by atoms with Crippen LogP contribution in [0.1, 0.15) is 65.0 Å². The quantitative estimate of drug-likeness (QED) is 0.502. The first kappa shape index (κ1) is 23.3. The molecule has 4 rings (SSSR count). The van der Waals surface area contributed by atoms with Gasteiger partial charge in [0.15, 0.2) is 0 Å². The van der Waals surface area contributed by atoms with Crippen molar-refractivity contribution >= 4 is 11.9 Å². The summed E-state index contributed by atoms with van der Waals surface area (Å²) in [4.78, 5) is 23.7. The number of aliphatic hydroxyl groups excluding tert-OH is 2. The van der Waals surface area contributed by atoms with Gasteiger partial charge in [0.25, 0.3) is 0 Å². The summed E-state index contributed by atoms with van der Waals surface area (Å²) in [5, 5.41) is 22.4. The van der Waals surface area contributed by atoms with E-state index < -0.39 is 40.7 Å². The Morgan fingerprint density at radius 2 is 1.94 bits per heavy atom. The summed E-state index contributed by atoms with van der Waals surface area (Å²) >= 11 is 0. The number of aliphatic hydroxyl groups is 2. The molecule has 1 aromatic heterocycles. The third kappa shape index (κ3) is 3.47. The summed E-state index contributed by atoms with van der Waals surface area (Å²) < 4.78 is 22.4. The molecule has 8 atom stereocenters. The third-order valence-electron chi connectivity index (χ3n) is 8.59. The molecule has 1 aromatic rings. The Labute approximate surface area is 188 Å². The summed E-state index contributed by atoms with van der Waals surface area (Å²) in [5.41, 5.74) is -1.48. The van der Waals surface area contributed by atoms with Crippen molar-refractivity contribution in [2.75, 3.05) is 13.2 Å². The lowest BCUT2D eigenvalue weighted by Gasteiger charge is -2.63. The van der Waals surface area contributed by atoms with Crippen LogP contribution in [0.2, 0.25) is 0 Å². The molecule has 2 heterocycles. The van der Waals surface area contributed by atoms with Crippen LogP contribution in [0.25, 0.3) is 0 Å². The van der Waals surface area contributed by atoms with Gasteiger partial charge in [0.1, 0.15) is 18.3 Å². The molecule has 0 radical (unpaired) electrons. The van der Waals surface area contributed by atoms with Crippen LogP contribution >= 0.6 is 0 Å². The minimum Gasteiger partial charge on any atom is -0.472 e. The van der Waals surface area contributed by atoms with Crippen LogP contribution in [0, 0.1) is 22.7 Å². The number of carbonyl (C=O) groups excluding carboxylic acids is 2. The highest BCUT2D eigenvalue weighted by molar-refractivity contribution is 5.66. The fourth-order valence-corrected chi connectivity index (χ4v) is 6.72. The molecule has 0 bridgehead atoms. The molecule has 0 amide bonds. The molecule has 8 nitrogen and oxygen atoms in total. The number of hydrogen-bond donors (Lipinski definition) is 2. The lowest BCUT2D eigenvalue weighted by atomic mass is 9.42. The van der Waals surface area contributed by atoms with Crippen LogP contribution < -0.4 is 0 Å². The van der Waals surface area contributed by atoms with E-state index in [-0.39, 0.29) is 24.4 Å². The van der Waals surface area contributed by atoms with E-state index in [1.54, 1.807) is 18.6 Å². The van der Waals surface area contributed by atoms with Gasteiger partial charge in [0.05, 0.1) is 36.8 Å². The minimum atomic E-state index is -0.936. The second-order valence-electron chi connectivity index (χ2n) is 10.2. The van der Waals surface area contributed by atoms with E-state index in [9.17, 15) is 19.8 Å². The average Bonchev–Trinajstić information content (AvgIpc) is 3.32. The van der Waals surface area contributed by atoms with E-state index in [0.717, 1.165) is 5.56 Å². The summed E-state index contributed by atoms with van der Waals surface area (Å²) in [5.74, 6) is -0.846. The van der Waals surface area contributed by atoms with Crippen LogP contribution in [0.15, 0.2) is 23.0 Å². The van der Waals surface area contributed by atoms with Crippen LogP contribution in [-0.2, 0) is 23.8 Å². The molecule has 0 unspecified atom stereocenters. The first-order valence-electron chi connectivity index (χ1n) is 11.4. The van der Waals surface area contributed by atoms with Crippen molar-refractivity contribution in [1.29, 1.82) is 0 Å². The van der Waals surface area contributed by atoms with E-state index >= 15 is 0 Å². The number of carbonyl (C=O) groups is 2. The molecule has 1 saturated heterocycles. The normalized spacial score (nSPS) is 41.6. The fourth-order valence-electron chi connectivity index (χ4n) is 6.72. The first-order valence-corrected chi connectivity index (χ1v) is 11.4. The molecule has 1 aliphatic heterocycles. The van der Waals surface area contributed by atoms with Gasteiger partial charge in [-0.25, -0.2) is 0 Å². The highest BCUT2D eigenvalue weighted by atomic mass is 16.6. The smallest absolute Gasteiger partial charge is 0.303 e.